The number of halogens is 1. The average Bonchev–Trinajstić information content (AvgIpc) is 3.09. The summed E-state index contributed by atoms with van der Waals surface area (Å²) in [5.74, 6) is 1.59. The molecule has 1 aromatic carbocycles. The van der Waals surface area contributed by atoms with E-state index in [1.165, 1.54) is 31.0 Å². The summed E-state index contributed by atoms with van der Waals surface area (Å²) in [6, 6.07) is 4.35. The van der Waals surface area contributed by atoms with Crippen molar-refractivity contribution in [1.29, 1.82) is 0 Å². The number of aromatic nitrogens is 2. The molecule has 2 atom stereocenters. The fourth-order valence-corrected chi connectivity index (χ4v) is 2.90. The summed E-state index contributed by atoms with van der Waals surface area (Å²) in [5, 5.41) is 4.02. The predicted octanol–water partition coefficient (Wildman–Crippen LogP) is 3.75. The van der Waals surface area contributed by atoms with Gasteiger partial charge in [-0.1, -0.05) is 18.5 Å². The van der Waals surface area contributed by atoms with Crippen LogP contribution >= 0.6 is 0 Å². The van der Waals surface area contributed by atoms with Crippen molar-refractivity contribution in [3.63, 3.8) is 0 Å². The van der Waals surface area contributed by atoms with E-state index in [9.17, 15) is 4.39 Å². The largest absolute Gasteiger partial charge is 0.399 e. The van der Waals surface area contributed by atoms with Crippen LogP contribution in [0.5, 0.6) is 0 Å². The van der Waals surface area contributed by atoms with E-state index in [2.05, 4.69) is 17.1 Å². The van der Waals surface area contributed by atoms with Gasteiger partial charge in [0.2, 0.25) is 0 Å². The number of nitrogens with zero attached hydrogens (tertiary/aromatic N) is 2. The summed E-state index contributed by atoms with van der Waals surface area (Å²) in [6.45, 7) is 2.21. The first-order valence-corrected chi connectivity index (χ1v) is 7.06. The number of nitrogens with two attached hydrogens (primary N) is 1. The average molecular weight is 275 g/mol. The molecule has 0 saturated heterocycles. The SMILES string of the molecule is CCC1CCC(c2noc(-c3cc(N)ccc3F)n2)C1. The molecule has 1 aliphatic carbocycles. The van der Waals surface area contributed by atoms with E-state index in [1.807, 2.05) is 0 Å². The quantitative estimate of drug-likeness (QED) is 0.866. The highest BCUT2D eigenvalue weighted by Gasteiger charge is 2.28. The minimum atomic E-state index is -0.396. The Morgan fingerprint density at radius 1 is 1.40 bits per heavy atom. The molecule has 2 unspecified atom stereocenters. The number of hydrogen-bond donors (Lipinski definition) is 1. The minimum absolute atomic E-state index is 0.213. The van der Waals surface area contributed by atoms with Crippen LogP contribution in [-0.4, -0.2) is 10.1 Å². The predicted molar refractivity (Wildman–Crippen MR) is 74.5 cm³/mol. The lowest BCUT2D eigenvalue weighted by molar-refractivity contribution is 0.412. The van der Waals surface area contributed by atoms with Crippen LogP contribution in [0, 0.1) is 11.7 Å². The van der Waals surface area contributed by atoms with Crippen molar-refractivity contribution in [2.75, 3.05) is 5.73 Å². The molecule has 106 valence electrons. The van der Waals surface area contributed by atoms with Gasteiger partial charge in [0.15, 0.2) is 5.82 Å². The highest BCUT2D eigenvalue weighted by Crippen LogP contribution is 2.39. The third kappa shape index (κ3) is 2.40. The first kappa shape index (κ1) is 13.1. The molecule has 0 bridgehead atoms. The number of hydrogen-bond acceptors (Lipinski definition) is 4. The van der Waals surface area contributed by atoms with Crippen molar-refractivity contribution < 1.29 is 8.91 Å². The Labute approximate surface area is 117 Å². The van der Waals surface area contributed by atoms with Gasteiger partial charge in [-0.15, -0.1) is 0 Å². The highest BCUT2D eigenvalue weighted by atomic mass is 19.1. The lowest BCUT2D eigenvalue weighted by atomic mass is 10.0. The molecule has 2 N–H and O–H groups in total. The molecule has 0 spiro atoms. The molecule has 4 nitrogen and oxygen atoms in total. The van der Waals surface area contributed by atoms with Crippen LogP contribution in [0.3, 0.4) is 0 Å². The van der Waals surface area contributed by atoms with Crippen molar-refractivity contribution in [1.82, 2.24) is 10.1 Å². The number of anilines is 1. The standard InChI is InChI=1S/C15H18FN3O/c1-2-9-3-4-10(7-9)14-18-15(20-19-14)12-8-11(17)5-6-13(12)16/h5-6,8-10H,2-4,7,17H2,1H3. The van der Waals surface area contributed by atoms with Gasteiger partial charge in [0, 0.05) is 11.6 Å². The summed E-state index contributed by atoms with van der Waals surface area (Å²) < 4.78 is 19.0. The van der Waals surface area contributed by atoms with Crippen LogP contribution in [0.15, 0.2) is 22.7 Å². The molecule has 0 amide bonds. The Morgan fingerprint density at radius 3 is 3.00 bits per heavy atom. The van der Waals surface area contributed by atoms with Gasteiger partial charge in [0.25, 0.3) is 5.89 Å². The Morgan fingerprint density at radius 2 is 2.25 bits per heavy atom. The molecule has 1 heterocycles. The normalized spacial score (nSPS) is 22.3. The lowest BCUT2D eigenvalue weighted by Crippen LogP contribution is -1.97. The third-order valence-electron chi connectivity index (χ3n) is 4.15. The molecule has 2 aromatic rings. The van der Waals surface area contributed by atoms with Crippen molar-refractivity contribution in [3.05, 3.63) is 29.8 Å². The van der Waals surface area contributed by atoms with Crippen molar-refractivity contribution in [2.45, 2.75) is 38.5 Å². The molecule has 1 fully saturated rings. The molecule has 0 aliphatic heterocycles. The van der Waals surface area contributed by atoms with E-state index in [4.69, 9.17) is 10.3 Å². The smallest absolute Gasteiger partial charge is 0.260 e. The number of benzene rings is 1. The molecule has 3 rings (SSSR count). The van der Waals surface area contributed by atoms with Gasteiger partial charge in [-0.25, -0.2) is 4.39 Å². The summed E-state index contributed by atoms with van der Waals surface area (Å²) in [7, 11) is 0. The summed E-state index contributed by atoms with van der Waals surface area (Å²) in [4.78, 5) is 4.36. The van der Waals surface area contributed by atoms with Crippen LogP contribution in [0.4, 0.5) is 10.1 Å². The molecule has 20 heavy (non-hydrogen) atoms. The van der Waals surface area contributed by atoms with Gasteiger partial charge in [0.1, 0.15) is 5.82 Å². The summed E-state index contributed by atoms with van der Waals surface area (Å²) in [5.41, 5.74) is 6.43. The fraction of sp³-hybridized carbons (Fsp3) is 0.467. The summed E-state index contributed by atoms with van der Waals surface area (Å²) >= 11 is 0. The molecule has 5 heteroatoms. The Bertz CT molecular complexity index is 611. The zero-order valence-electron chi connectivity index (χ0n) is 11.5. The van der Waals surface area contributed by atoms with Crippen LogP contribution in [0.2, 0.25) is 0 Å². The fourth-order valence-electron chi connectivity index (χ4n) is 2.90. The molecule has 1 aliphatic rings. The summed E-state index contributed by atoms with van der Waals surface area (Å²) in [6.07, 6.45) is 4.56. The van der Waals surface area contributed by atoms with Crippen LogP contribution in [-0.2, 0) is 0 Å². The Balaban J connectivity index is 1.85. The van der Waals surface area contributed by atoms with Crippen molar-refractivity contribution in [2.24, 2.45) is 5.92 Å². The zero-order chi connectivity index (χ0) is 14.1. The third-order valence-corrected chi connectivity index (χ3v) is 4.15. The van der Waals surface area contributed by atoms with Gasteiger partial charge in [-0.2, -0.15) is 4.98 Å². The molecule has 1 saturated carbocycles. The second kappa shape index (κ2) is 5.23. The topological polar surface area (TPSA) is 64.9 Å². The second-order valence-corrected chi connectivity index (χ2v) is 5.48. The first-order valence-electron chi connectivity index (χ1n) is 7.06. The zero-order valence-corrected chi connectivity index (χ0v) is 11.5. The lowest BCUT2D eigenvalue weighted by Gasteiger charge is -2.04. The van der Waals surface area contributed by atoms with Crippen LogP contribution < -0.4 is 5.73 Å². The van der Waals surface area contributed by atoms with Crippen molar-refractivity contribution >= 4 is 5.69 Å². The molecular formula is C15H18FN3O. The van der Waals surface area contributed by atoms with E-state index in [0.717, 1.165) is 18.8 Å². The van der Waals surface area contributed by atoms with E-state index in [-0.39, 0.29) is 11.5 Å². The van der Waals surface area contributed by atoms with E-state index < -0.39 is 5.82 Å². The second-order valence-electron chi connectivity index (χ2n) is 5.48. The van der Waals surface area contributed by atoms with Gasteiger partial charge in [-0.05, 0) is 43.4 Å². The number of rotatable bonds is 3. The molecule has 0 radical (unpaired) electrons. The van der Waals surface area contributed by atoms with Gasteiger partial charge in [-0.3, -0.25) is 0 Å². The van der Waals surface area contributed by atoms with Crippen molar-refractivity contribution in [3.8, 4) is 11.5 Å². The molecular weight excluding hydrogens is 257 g/mol. The molecule has 1 aromatic heterocycles. The Hall–Kier alpha value is -1.91. The van der Waals surface area contributed by atoms with Crippen LogP contribution in [0.1, 0.15) is 44.3 Å². The monoisotopic (exact) mass is 275 g/mol. The maximum atomic E-state index is 13.8. The van der Waals surface area contributed by atoms with E-state index in [1.54, 1.807) is 0 Å². The van der Waals surface area contributed by atoms with Gasteiger partial charge in [0.05, 0.1) is 5.56 Å². The van der Waals surface area contributed by atoms with Gasteiger partial charge >= 0.3 is 0 Å². The first-order chi connectivity index (χ1) is 9.67. The Kier molecular flexibility index (Phi) is 3.42. The maximum Gasteiger partial charge on any atom is 0.260 e. The minimum Gasteiger partial charge on any atom is -0.399 e. The van der Waals surface area contributed by atoms with E-state index in [0.29, 0.717) is 17.4 Å². The number of nitrogen functional groups attached to an aromatic ring is 1. The maximum absolute atomic E-state index is 13.8. The van der Waals surface area contributed by atoms with E-state index >= 15 is 0 Å². The van der Waals surface area contributed by atoms with Gasteiger partial charge < -0.3 is 10.3 Å². The highest BCUT2D eigenvalue weighted by molar-refractivity contribution is 5.60. The van der Waals surface area contributed by atoms with Crippen LogP contribution in [0.25, 0.3) is 11.5 Å².